The molecule has 0 heterocycles. The van der Waals surface area contributed by atoms with E-state index in [1.807, 2.05) is 6.07 Å². The van der Waals surface area contributed by atoms with Gasteiger partial charge in [-0.2, -0.15) is 0 Å². The van der Waals surface area contributed by atoms with Gasteiger partial charge in [-0.15, -0.1) is 0 Å². The number of esters is 1. The lowest BCUT2D eigenvalue weighted by molar-refractivity contribution is -0.143. The highest BCUT2D eigenvalue weighted by Gasteiger charge is 2.23. The molecule has 0 fully saturated rings. The average Bonchev–Trinajstić information content (AvgIpc) is 2.80. The number of carbonyl (C=O) groups is 2. The van der Waals surface area contributed by atoms with Gasteiger partial charge in [0.1, 0.15) is 17.2 Å². The summed E-state index contributed by atoms with van der Waals surface area (Å²) in [5.41, 5.74) is 1.88. The van der Waals surface area contributed by atoms with E-state index in [4.69, 9.17) is 14.2 Å². The molecule has 5 nitrogen and oxygen atoms in total. The third-order valence-corrected chi connectivity index (χ3v) is 5.01. The first-order valence-electron chi connectivity index (χ1n) is 12.2. The largest absolute Gasteiger partial charge is 0.493 e. The molecular formula is C29H38O5. The van der Waals surface area contributed by atoms with Gasteiger partial charge in [0.15, 0.2) is 5.78 Å². The molecule has 0 unspecified atom stereocenters. The molecule has 0 amide bonds. The minimum Gasteiger partial charge on any atom is -0.493 e. The molecule has 2 aromatic rings. The van der Waals surface area contributed by atoms with Gasteiger partial charge in [0, 0.05) is 17.2 Å². The van der Waals surface area contributed by atoms with Gasteiger partial charge in [-0.25, -0.2) is 0 Å². The van der Waals surface area contributed by atoms with E-state index >= 15 is 0 Å². The molecule has 0 atom stereocenters. The van der Waals surface area contributed by atoms with Crippen molar-refractivity contribution in [1.29, 1.82) is 0 Å². The maximum absolute atomic E-state index is 12.8. The van der Waals surface area contributed by atoms with Crippen molar-refractivity contribution in [1.82, 2.24) is 0 Å². The van der Waals surface area contributed by atoms with Crippen LogP contribution in [0, 0.1) is 5.41 Å². The zero-order valence-corrected chi connectivity index (χ0v) is 21.4. The smallest absolute Gasteiger partial charge is 0.316 e. The van der Waals surface area contributed by atoms with Crippen molar-refractivity contribution < 1.29 is 23.8 Å². The van der Waals surface area contributed by atoms with E-state index in [9.17, 15) is 9.59 Å². The number of hydrogen-bond acceptors (Lipinski definition) is 5. The Balaban J connectivity index is 2.25. The summed E-state index contributed by atoms with van der Waals surface area (Å²) in [6.07, 6.45) is 7.04. The highest BCUT2D eigenvalue weighted by Crippen LogP contribution is 2.32. The first kappa shape index (κ1) is 27.2. The lowest BCUT2D eigenvalue weighted by Crippen LogP contribution is -2.25. The number of allylic oxidation sites excluding steroid dienone is 1. The van der Waals surface area contributed by atoms with Crippen LogP contribution in [-0.2, 0) is 11.2 Å². The Morgan fingerprint density at radius 2 is 1.47 bits per heavy atom. The molecule has 2 aromatic carbocycles. The SMILES string of the molecule is CCCOc1cc(OCCC)c(CCC)cc1/C=C/C(=O)c1ccc(OC(=O)C(C)(C)C)cc1. The first-order chi connectivity index (χ1) is 16.2. The summed E-state index contributed by atoms with van der Waals surface area (Å²) >= 11 is 0. The quantitative estimate of drug-likeness (QED) is 0.145. The van der Waals surface area contributed by atoms with E-state index < -0.39 is 5.41 Å². The van der Waals surface area contributed by atoms with Crippen LogP contribution in [-0.4, -0.2) is 25.0 Å². The molecule has 184 valence electrons. The Labute approximate surface area is 204 Å². The van der Waals surface area contributed by atoms with Gasteiger partial charge in [-0.3, -0.25) is 9.59 Å². The Bertz CT molecular complexity index is 981. The summed E-state index contributed by atoms with van der Waals surface area (Å²) in [5.74, 6) is 1.52. The fourth-order valence-corrected chi connectivity index (χ4v) is 3.11. The minimum absolute atomic E-state index is 0.140. The van der Waals surface area contributed by atoms with E-state index in [0.717, 1.165) is 42.6 Å². The second-order valence-corrected chi connectivity index (χ2v) is 9.31. The monoisotopic (exact) mass is 466 g/mol. The van der Waals surface area contributed by atoms with Crippen LogP contribution in [0.3, 0.4) is 0 Å². The maximum atomic E-state index is 12.8. The van der Waals surface area contributed by atoms with Crippen LogP contribution >= 0.6 is 0 Å². The molecule has 0 saturated carbocycles. The normalized spacial score (nSPS) is 11.5. The van der Waals surface area contributed by atoms with Crippen molar-refractivity contribution in [2.75, 3.05) is 13.2 Å². The van der Waals surface area contributed by atoms with Crippen LogP contribution in [0.1, 0.15) is 82.3 Å². The number of ketones is 1. The van der Waals surface area contributed by atoms with Gasteiger partial charge >= 0.3 is 5.97 Å². The van der Waals surface area contributed by atoms with Crippen molar-refractivity contribution in [3.63, 3.8) is 0 Å². The number of rotatable bonds is 12. The number of benzene rings is 2. The number of carbonyl (C=O) groups excluding carboxylic acids is 2. The van der Waals surface area contributed by atoms with Crippen LogP contribution in [0.25, 0.3) is 6.08 Å². The summed E-state index contributed by atoms with van der Waals surface area (Å²) in [6, 6.07) is 10.6. The number of hydrogen-bond donors (Lipinski definition) is 0. The lowest BCUT2D eigenvalue weighted by atomic mass is 9.97. The second-order valence-electron chi connectivity index (χ2n) is 9.31. The van der Waals surface area contributed by atoms with Gasteiger partial charge in [0.25, 0.3) is 0 Å². The highest BCUT2D eigenvalue weighted by molar-refractivity contribution is 6.07. The standard InChI is InChI=1S/C29H38O5/c1-7-10-22-19-23(27(33-18-9-3)20-26(22)32-17-8-2)13-16-25(30)21-11-14-24(15-12-21)34-28(31)29(4,5)6/h11-16,19-20H,7-10,17-18H2,1-6H3/b16-13+. The molecule has 0 spiro atoms. The number of ether oxygens (including phenoxy) is 3. The van der Waals surface area contributed by atoms with E-state index in [1.54, 1.807) is 57.2 Å². The van der Waals surface area contributed by atoms with Crippen LogP contribution in [0.5, 0.6) is 17.2 Å². The zero-order chi connectivity index (χ0) is 25.1. The van der Waals surface area contributed by atoms with E-state index in [2.05, 4.69) is 26.8 Å². The zero-order valence-electron chi connectivity index (χ0n) is 21.4. The summed E-state index contributed by atoms with van der Waals surface area (Å²) in [7, 11) is 0. The minimum atomic E-state index is -0.595. The predicted octanol–water partition coefficient (Wildman–Crippen LogP) is 7.06. The van der Waals surface area contributed by atoms with Crippen molar-refractivity contribution in [3.05, 3.63) is 59.2 Å². The Kier molecular flexibility index (Phi) is 10.4. The van der Waals surface area contributed by atoms with E-state index in [-0.39, 0.29) is 11.8 Å². The molecule has 0 N–H and O–H groups in total. The lowest BCUT2D eigenvalue weighted by Gasteiger charge is -2.16. The molecule has 2 rings (SSSR count). The van der Waals surface area contributed by atoms with Gasteiger partial charge in [0.2, 0.25) is 0 Å². The topological polar surface area (TPSA) is 61.8 Å². The average molecular weight is 467 g/mol. The summed E-state index contributed by atoms with van der Waals surface area (Å²) < 4.78 is 17.3. The Morgan fingerprint density at radius 3 is 2.03 bits per heavy atom. The van der Waals surface area contributed by atoms with Crippen molar-refractivity contribution in [2.45, 2.75) is 67.2 Å². The van der Waals surface area contributed by atoms with Gasteiger partial charge < -0.3 is 14.2 Å². The van der Waals surface area contributed by atoms with Gasteiger partial charge in [0.05, 0.1) is 18.6 Å². The molecule has 0 aliphatic heterocycles. The summed E-state index contributed by atoms with van der Waals surface area (Å²) in [6.45, 7) is 12.9. The fourth-order valence-electron chi connectivity index (χ4n) is 3.11. The van der Waals surface area contributed by atoms with Crippen LogP contribution in [0.2, 0.25) is 0 Å². The van der Waals surface area contributed by atoms with Crippen LogP contribution < -0.4 is 14.2 Å². The van der Waals surface area contributed by atoms with E-state index in [0.29, 0.717) is 30.3 Å². The predicted molar refractivity (Wildman–Crippen MR) is 137 cm³/mol. The Hall–Kier alpha value is -3.08. The highest BCUT2D eigenvalue weighted by atomic mass is 16.5. The molecule has 0 aliphatic rings. The fraction of sp³-hybridized carbons (Fsp3) is 0.448. The van der Waals surface area contributed by atoms with Crippen molar-refractivity contribution in [2.24, 2.45) is 5.41 Å². The van der Waals surface area contributed by atoms with Crippen molar-refractivity contribution >= 4 is 17.8 Å². The molecule has 5 heteroatoms. The number of aryl methyl sites for hydroxylation is 1. The Morgan fingerprint density at radius 1 is 0.853 bits per heavy atom. The van der Waals surface area contributed by atoms with Crippen LogP contribution in [0.4, 0.5) is 0 Å². The first-order valence-corrected chi connectivity index (χ1v) is 12.2. The van der Waals surface area contributed by atoms with E-state index in [1.165, 1.54) is 0 Å². The molecule has 0 bridgehead atoms. The third-order valence-electron chi connectivity index (χ3n) is 5.01. The second kappa shape index (κ2) is 13.0. The van der Waals surface area contributed by atoms with Gasteiger partial charge in [-0.05, 0) is 88.1 Å². The van der Waals surface area contributed by atoms with Crippen molar-refractivity contribution in [3.8, 4) is 17.2 Å². The summed E-state index contributed by atoms with van der Waals surface area (Å²) in [5, 5.41) is 0. The molecule has 34 heavy (non-hydrogen) atoms. The molecule has 0 aromatic heterocycles. The maximum Gasteiger partial charge on any atom is 0.316 e. The summed E-state index contributed by atoms with van der Waals surface area (Å²) in [4.78, 5) is 24.8. The van der Waals surface area contributed by atoms with Gasteiger partial charge in [-0.1, -0.05) is 27.2 Å². The molecule has 0 saturated heterocycles. The third kappa shape index (κ3) is 8.05. The molecular weight excluding hydrogens is 428 g/mol. The molecule has 0 aliphatic carbocycles. The van der Waals surface area contributed by atoms with Crippen LogP contribution in [0.15, 0.2) is 42.5 Å². The molecule has 0 radical (unpaired) electrons.